The number of nitrogens with zero attached hydrogens (tertiary/aromatic N) is 1. The molecule has 3 heterocycles. The number of aromatic nitrogens is 1. The largest absolute Gasteiger partial charge is 0.443 e. The fourth-order valence-electron chi connectivity index (χ4n) is 1.99. The van der Waals surface area contributed by atoms with E-state index in [0.29, 0.717) is 16.2 Å². The SMILES string of the molecule is OC(c1cnc(C(F)(F)F)s1)c1cc2c(s1)CCSC2. The zero-order chi connectivity index (χ0) is 14.3. The molecule has 108 valence electrons. The van der Waals surface area contributed by atoms with Crippen molar-refractivity contribution in [1.29, 1.82) is 0 Å². The Balaban J connectivity index is 1.86. The van der Waals surface area contributed by atoms with Crippen LogP contribution in [0.15, 0.2) is 12.3 Å². The van der Waals surface area contributed by atoms with Crippen molar-refractivity contribution in [2.75, 3.05) is 5.75 Å². The molecular formula is C12H10F3NOS3. The molecule has 0 fully saturated rings. The lowest BCUT2D eigenvalue weighted by atomic mass is 10.2. The normalized spacial score (nSPS) is 17.0. The maximum absolute atomic E-state index is 12.5. The van der Waals surface area contributed by atoms with Gasteiger partial charge in [-0.2, -0.15) is 24.9 Å². The van der Waals surface area contributed by atoms with Gasteiger partial charge in [0.05, 0.1) is 4.88 Å². The first-order chi connectivity index (χ1) is 9.45. The van der Waals surface area contributed by atoms with Crippen molar-refractivity contribution < 1.29 is 18.3 Å². The number of thioether (sulfide) groups is 1. The van der Waals surface area contributed by atoms with Gasteiger partial charge < -0.3 is 5.11 Å². The Morgan fingerprint density at radius 1 is 1.25 bits per heavy atom. The third-order valence-electron chi connectivity index (χ3n) is 2.95. The number of hydrogen-bond acceptors (Lipinski definition) is 5. The Morgan fingerprint density at radius 3 is 2.70 bits per heavy atom. The number of hydrogen-bond donors (Lipinski definition) is 1. The number of thiophene rings is 1. The molecule has 20 heavy (non-hydrogen) atoms. The van der Waals surface area contributed by atoms with Crippen molar-refractivity contribution in [1.82, 2.24) is 4.98 Å². The number of aryl methyl sites for hydroxylation is 1. The summed E-state index contributed by atoms with van der Waals surface area (Å²) in [6.45, 7) is 0. The van der Waals surface area contributed by atoms with Gasteiger partial charge in [0.15, 0.2) is 5.01 Å². The van der Waals surface area contributed by atoms with Crippen LogP contribution < -0.4 is 0 Å². The van der Waals surface area contributed by atoms with E-state index in [1.165, 1.54) is 21.8 Å². The summed E-state index contributed by atoms with van der Waals surface area (Å²) in [6, 6.07) is 1.91. The van der Waals surface area contributed by atoms with Crippen molar-refractivity contribution in [2.45, 2.75) is 24.5 Å². The molecule has 2 aromatic heterocycles. The van der Waals surface area contributed by atoms with Crippen molar-refractivity contribution >= 4 is 34.4 Å². The molecule has 1 aliphatic rings. The van der Waals surface area contributed by atoms with Gasteiger partial charge in [0, 0.05) is 21.7 Å². The molecule has 1 aliphatic heterocycles. The monoisotopic (exact) mass is 337 g/mol. The topological polar surface area (TPSA) is 33.1 Å². The minimum Gasteiger partial charge on any atom is -0.382 e. The second-order valence-corrected chi connectivity index (χ2v) is 7.70. The summed E-state index contributed by atoms with van der Waals surface area (Å²) in [6.07, 6.45) is -3.38. The number of thiazole rings is 1. The molecule has 0 aliphatic carbocycles. The van der Waals surface area contributed by atoms with E-state index >= 15 is 0 Å². The van der Waals surface area contributed by atoms with Crippen molar-refractivity contribution in [3.05, 3.63) is 37.5 Å². The van der Waals surface area contributed by atoms with Crippen LogP contribution in [0.25, 0.3) is 0 Å². The van der Waals surface area contributed by atoms with Gasteiger partial charge in [-0.1, -0.05) is 0 Å². The van der Waals surface area contributed by atoms with Crippen LogP contribution in [0.4, 0.5) is 13.2 Å². The van der Waals surface area contributed by atoms with Crippen molar-refractivity contribution in [3.8, 4) is 0 Å². The second kappa shape index (κ2) is 5.32. The molecule has 1 N–H and O–H groups in total. The summed E-state index contributed by atoms with van der Waals surface area (Å²) in [5, 5.41) is 9.31. The molecule has 0 bridgehead atoms. The Hall–Kier alpha value is -0.570. The van der Waals surface area contributed by atoms with Crippen molar-refractivity contribution in [2.24, 2.45) is 0 Å². The van der Waals surface area contributed by atoms with Gasteiger partial charge in [0.2, 0.25) is 0 Å². The molecule has 8 heteroatoms. The van der Waals surface area contributed by atoms with Crippen LogP contribution in [-0.4, -0.2) is 15.8 Å². The van der Waals surface area contributed by atoms with Gasteiger partial charge in [0.25, 0.3) is 0 Å². The number of aliphatic hydroxyl groups excluding tert-OH is 1. The highest BCUT2D eigenvalue weighted by Gasteiger charge is 2.35. The molecule has 3 rings (SSSR count). The van der Waals surface area contributed by atoms with Crippen LogP contribution in [0.2, 0.25) is 0 Å². The zero-order valence-electron chi connectivity index (χ0n) is 10.1. The van der Waals surface area contributed by atoms with E-state index in [4.69, 9.17) is 0 Å². The Labute approximate surface area is 125 Å². The summed E-state index contributed by atoms with van der Waals surface area (Å²) < 4.78 is 37.6. The van der Waals surface area contributed by atoms with Gasteiger partial charge in [0.1, 0.15) is 6.10 Å². The number of alkyl halides is 3. The highest BCUT2D eigenvalue weighted by atomic mass is 32.2. The number of fused-ring (bicyclic) bond motifs is 1. The van der Waals surface area contributed by atoms with Crippen LogP contribution in [0.1, 0.15) is 31.3 Å². The average molecular weight is 337 g/mol. The fraction of sp³-hybridized carbons (Fsp3) is 0.417. The quantitative estimate of drug-likeness (QED) is 0.896. The van der Waals surface area contributed by atoms with E-state index in [0.717, 1.165) is 24.1 Å². The highest BCUT2D eigenvalue weighted by Crippen LogP contribution is 2.40. The number of rotatable bonds is 2. The summed E-state index contributed by atoms with van der Waals surface area (Å²) >= 11 is 3.83. The van der Waals surface area contributed by atoms with Crippen LogP contribution in [0.5, 0.6) is 0 Å². The van der Waals surface area contributed by atoms with Crippen LogP contribution in [0.3, 0.4) is 0 Å². The van der Waals surface area contributed by atoms with Crippen LogP contribution in [-0.2, 0) is 18.3 Å². The number of aliphatic hydroxyl groups is 1. The summed E-state index contributed by atoms with van der Waals surface area (Å²) in [7, 11) is 0. The molecule has 1 atom stereocenters. The predicted octanol–water partition coefficient (Wildman–Crippen LogP) is 4.09. The van der Waals surface area contributed by atoms with Gasteiger partial charge >= 0.3 is 6.18 Å². The highest BCUT2D eigenvalue weighted by molar-refractivity contribution is 7.98. The minimum atomic E-state index is -4.45. The summed E-state index contributed by atoms with van der Waals surface area (Å²) in [4.78, 5) is 5.53. The third kappa shape index (κ3) is 2.74. The molecule has 1 unspecified atom stereocenters. The molecule has 2 aromatic rings. The molecular weight excluding hydrogens is 327 g/mol. The summed E-state index contributed by atoms with van der Waals surface area (Å²) in [5.74, 6) is 1.97. The maximum atomic E-state index is 12.5. The first-order valence-corrected chi connectivity index (χ1v) is 8.64. The Morgan fingerprint density at radius 2 is 2.05 bits per heavy atom. The second-order valence-electron chi connectivity index (χ2n) is 4.37. The van der Waals surface area contributed by atoms with E-state index in [1.807, 2.05) is 17.8 Å². The molecule has 0 radical (unpaired) electrons. The minimum absolute atomic E-state index is 0.239. The first kappa shape index (κ1) is 14.4. The average Bonchev–Trinajstić information content (AvgIpc) is 3.04. The molecule has 0 saturated carbocycles. The fourth-order valence-corrected chi connectivity index (χ4v) is 5.23. The Kier molecular flexibility index (Phi) is 3.83. The van der Waals surface area contributed by atoms with Gasteiger partial charge in [-0.05, 0) is 23.8 Å². The van der Waals surface area contributed by atoms with E-state index in [-0.39, 0.29) is 4.88 Å². The molecule has 0 amide bonds. The smallest absolute Gasteiger partial charge is 0.382 e. The Bertz CT molecular complexity index is 596. The van der Waals surface area contributed by atoms with Crippen LogP contribution >= 0.6 is 34.4 Å². The van der Waals surface area contributed by atoms with Crippen LogP contribution in [0, 0.1) is 0 Å². The first-order valence-electron chi connectivity index (χ1n) is 5.85. The van der Waals surface area contributed by atoms with Gasteiger partial charge in [-0.15, -0.1) is 22.7 Å². The standard InChI is InChI=1S/C12H10F3NOS3/c13-12(14,15)11-16-4-9(20-11)10(17)8-3-6-5-18-2-1-7(6)19-8/h3-4,10,17H,1-2,5H2. The number of halogens is 3. The third-order valence-corrected chi connectivity index (χ3v) is 6.34. The van der Waals surface area contributed by atoms with E-state index in [2.05, 4.69) is 4.98 Å². The predicted molar refractivity (Wildman–Crippen MR) is 75.4 cm³/mol. The maximum Gasteiger partial charge on any atom is 0.443 e. The van der Waals surface area contributed by atoms with E-state index < -0.39 is 17.3 Å². The van der Waals surface area contributed by atoms with Crippen molar-refractivity contribution in [3.63, 3.8) is 0 Å². The molecule has 0 saturated heterocycles. The van der Waals surface area contributed by atoms with E-state index in [1.54, 1.807) is 0 Å². The van der Waals surface area contributed by atoms with Gasteiger partial charge in [-0.25, -0.2) is 4.98 Å². The lowest BCUT2D eigenvalue weighted by Crippen LogP contribution is -2.03. The zero-order valence-corrected chi connectivity index (χ0v) is 12.6. The lowest BCUT2D eigenvalue weighted by Gasteiger charge is -2.08. The summed E-state index contributed by atoms with van der Waals surface area (Å²) in [5.41, 5.74) is 1.20. The molecule has 0 spiro atoms. The molecule has 2 nitrogen and oxygen atoms in total. The molecule has 0 aromatic carbocycles. The lowest BCUT2D eigenvalue weighted by molar-refractivity contribution is -0.137. The van der Waals surface area contributed by atoms with Gasteiger partial charge in [-0.3, -0.25) is 0 Å². The van der Waals surface area contributed by atoms with E-state index in [9.17, 15) is 18.3 Å².